The van der Waals surface area contributed by atoms with Gasteiger partial charge in [-0.3, -0.25) is 9.59 Å². The van der Waals surface area contributed by atoms with E-state index in [1.165, 1.54) is 0 Å². The summed E-state index contributed by atoms with van der Waals surface area (Å²) >= 11 is 0. The topological polar surface area (TPSA) is 74.0 Å². The lowest BCUT2D eigenvalue weighted by Gasteiger charge is -2.23. The third-order valence-electron chi connectivity index (χ3n) is 4.36. The van der Waals surface area contributed by atoms with Gasteiger partial charge in [-0.2, -0.15) is 0 Å². The number of aryl methyl sites for hydroxylation is 1. The van der Waals surface area contributed by atoms with Crippen molar-refractivity contribution in [3.63, 3.8) is 0 Å². The van der Waals surface area contributed by atoms with Crippen molar-refractivity contribution in [2.24, 2.45) is 5.92 Å². The maximum absolute atomic E-state index is 12.4. The molecular weight excluding hydrogens is 314 g/mol. The summed E-state index contributed by atoms with van der Waals surface area (Å²) in [6.07, 6.45) is 2.25. The zero-order chi connectivity index (χ0) is 15.5. The Hall–Kier alpha value is -1.85. The van der Waals surface area contributed by atoms with E-state index in [1.54, 1.807) is 0 Å². The Labute approximate surface area is 141 Å². The molecule has 1 aromatic heterocycles. The van der Waals surface area contributed by atoms with Crippen molar-refractivity contribution in [3.8, 4) is 0 Å². The lowest BCUT2D eigenvalue weighted by Crippen LogP contribution is -2.39. The summed E-state index contributed by atoms with van der Waals surface area (Å²) in [6.45, 7) is 4.41. The first-order valence-corrected chi connectivity index (χ1v) is 7.77. The molecule has 1 amide bonds. The molecule has 0 bridgehead atoms. The molecule has 0 spiro atoms. The van der Waals surface area contributed by atoms with E-state index in [4.69, 9.17) is 0 Å². The van der Waals surface area contributed by atoms with Crippen molar-refractivity contribution < 1.29 is 4.79 Å². The number of hydrogen-bond donors (Lipinski definition) is 3. The number of aromatic amines is 1. The predicted molar refractivity (Wildman–Crippen MR) is 94.5 cm³/mol. The van der Waals surface area contributed by atoms with E-state index in [9.17, 15) is 9.59 Å². The Kier molecular flexibility index (Phi) is 5.80. The third-order valence-corrected chi connectivity index (χ3v) is 4.36. The molecule has 1 aliphatic rings. The molecule has 2 heterocycles. The van der Waals surface area contributed by atoms with Crippen LogP contribution in [-0.2, 0) is 0 Å². The molecule has 1 atom stereocenters. The van der Waals surface area contributed by atoms with Crippen molar-refractivity contribution in [1.29, 1.82) is 0 Å². The minimum Gasteiger partial charge on any atom is -0.352 e. The molecular formula is C17H22ClN3O2. The van der Waals surface area contributed by atoms with E-state index in [0.717, 1.165) is 42.4 Å². The maximum Gasteiger partial charge on any atom is 0.261 e. The SMILES string of the molecule is Cc1c(C(=O)NCC2CCCNC2)c(=O)[nH]c2ccccc12.Cl. The molecule has 3 rings (SSSR count). The van der Waals surface area contributed by atoms with Gasteiger partial charge in [0.1, 0.15) is 5.56 Å². The van der Waals surface area contributed by atoms with E-state index in [2.05, 4.69) is 15.6 Å². The van der Waals surface area contributed by atoms with Gasteiger partial charge in [-0.05, 0) is 50.4 Å². The van der Waals surface area contributed by atoms with Crippen LogP contribution in [0.25, 0.3) is 10.9 Å². The van der Waals surface area contributed by atoms with Crippen LogP contribution < -0.4 is 16.2 Å². The monoisotopic (exact) mass is 335 g/mol. The molecule has 0 saturated carbocycles. The van der Waals surface area contributed by atoms with Gasteiger partial charge in [-0.15, -0.1) is 12.4 Å². The fourth-order valence-electron chi connectivity index (χ4n) is 3.11. The van der Waals surface area contributed by atoms with Crippen molar-refractivity contribution in [3.05, 3.63) is 45.7 Å². The number of para-hydroxylation sites is 1. The Bertz CT molecular complexity index is 751. The number of hydrogen-bond acceptors (Lipinski definition) is 3. The number of rotatable bonds is 3. The summed E-state index contributed by atoms with van der Waals surface area (Å²) in [6, 6.07) is 7.54. The number of nitrogens with one attached hydrogen (secondary N) is 3. The van der Waals surface area contributed by atoms with Gasteiger partial charge in [0, 0.05) is 17.4 Å². The Morgan fingerprint density at radius 3 is 2.87 bits per heavy atom. The fraction of sp³-hybridized carbons (Fsp3) is 0.412. The van der Waals surface area contributed by atoms with Gasteiger partial charge in [-0.1, -0.05) is 18.2 Å². The molecule has 1 unspecified atom stereocenters. The van der Waals surface area contributed by atoms with Crippen LogP contribution in [0.3, 0.4) is 0 Å². The Morgan fingerprint density at radius 2 is 2.13 bits per heavy atom. The maximum atomic E-state index is 12.4. The number of benzene rings is 1. The minimum absolute atomic E-state index is 0. The van der Waals surface area contributed by atoms with Gasteiger partial charge >= 0.3 is 0 Å². The van der Waals surface area contributed by atoms with Crippen LogP contribution in [0.4, 0.5) is 0 Å². The smallest absolute Gasteiger partial charge is 0.261 e. The van der Waals surface area contributed by atoms with E-state index >= 15 is 0 Å². The Morgan fingerprint density at radius 1 is 1.35 bits per heavy atom. The number of piperidine rings is 1. The number of pyridine rings is 1. The second kappa shape index (κ2) is 7.62. The van der Waals surface area contributed by atoms with Crippen LogP contribution in [0.15, 0.2) is 29.1 Å². The molecule has 6 heteroatoms. The second-order valence-corrected chi connectivity index (χ2v) is 5.92. The number of halogens is 1. The number of amides is 1. The number of H-pyrrole nitrogens is 1. The molecule has 1 aliphatic heterocycles. The van der Waals surface area contributed by atoms with Gasteiger partial charge in [0.05, 0.1) is 0 Å². The number of aromatic nitrogens is 1. The van der Waals surface area contributed by atoms with Crippen molar-refractivity contribution in [2.75, 3.05) is 19.6 Å². The molecule has 2 aromatic rings. The van der Waals surface area contributed by atoms with Crippen molar-refractivity contribution in [2.45, 2.75) is 19.8 Å². The summed E-state index contributed by atoms with van der Waals surface area (Å²) in [7, 11) is 0. The van der Waals surface area contributed by atoms with Crippen LogP contribution >= 0.6 is 12.4 Å². The van der Waals surface area contributed by atoms with Crippen LogP contribution in [0, 0.1) is 12.8 Å². The molecule has 1 fully saturated rings. The van der Waals surface area contributed by atoms with Gasteiger partial charge < -0.3 is 15.6 Å². The first-order chi connectivity index (χ1) is 10.7. The normalized spacial score (nSPS) is 17.5. The van der Waals surface area contributed by atoms with Gasteiger partial charge in [-0.25, -0.2) is 0 Å². The lowest BCUT2D eigenvalue weighted by molar-refractivity contribution is 0.0943. The number of carbonyl (C=O) groups excluding carboxylic acids is 1. The standard InChI is InChI=1S/C17H21N3O2.ClH/c1-11-13-6-2-3-7-14(13)20-17(22)15(11)16(21)19-10-12-5-4-8-18-9-12;/h2-3,6-7,12,18H,4-5,8-10H2,1H3,(H,19,21)(H,20,22);1H. The van der Waals surface area contributed by atoms with Crippen LogP contribution in [-0.4, -0.2) is 30.5 Å². The average Bonchev–Trinajstić information content (AvgIpc) is 2.54. The van der Waals surface area contributed by atoms with E-state index in [-0.39, 0.29) is 29.4 Å². The molecule has 23 heavy (non-hydrogen) atoms. The highest BCUT2D eigenvalue weighted by Crippen LogP contribution is 2.17. The van der Waals surface area contributed by atoms with Gasteiger partial charge in [0.15, 0.2) is 0 Å². The molecule has 5 nitrogen and oxygen atoms in total. The van der Waals surface area contributed by atoms with Crippen LogP contribution in [0.5, 0.6) is 0 Å². The minimum atomic E-state index is -0.324. The zero-order valence-electron chi connectivity index (χ0n) is 13.1. The Balaban J connectivity index is 0.00000192. The van der Waals surface area contributed by atoms with Crippen LogP contribution in [0.1, 0.15) is 28.8 Å². The number of carbonyl (C=O) groups is 1. The molecule has 3 N–H and O–H groups in total. The lowest BCUT2D eigenvalue weighted by atomic mass is 9.99. The fourth-order valence-corrected chi connectivity index (χ4v) is 3.11. The first-order valence-electron chi connectivity index (χ1n) is 7.77. The van der Waals surface area contributed by atoms with Crippen molar-refractivity contribution >= 4 is 29.2 Å². The summed E-state index contributed by atoms with van der Waals surface area (Å²) in [4.78, 5) is 27.4. The first kappa shape index (κ1) is 17.5. The second-order valence-electron chi connectivity index (χ2n) is 5.92. The largest absolute Gasteiger partial charge is 0.352 e. The van der Waals surface area contributed by atoms with E-state index in [1.807, 2.05) is 31.2 Å². The quantitative estimate of drug-likeness (QED) is 0.803. The predicted octanol–water partition coefficient (Wildman–Crippen LogP) is 1.99. The highest BCUT2D eigenvalue weighted by atomic mass is 35.5. The highest BCUT2D eigenvalue weighted by molar-refractivity contribution is 5.99. The molecule has 124 valence electrons. The van der Waals surface area contributed by atoms with Crippen LogP contribution in [0.2, 0.25) is 0 Å². The van der Waals surface area contributed by atoms with E-state index < -0.39 is 0 Å². The molecule has 0 aliphatic carbocycles. The average molecular weight is 336 g/mol. The zero-order valence-corrected chi connectivity index (χ0v) is 14.0. The molecule has 0 radical (unpaired) electrons. The summed E-state index contributed by atoms with van der Waals surface area (Å²) in [5, 5.41) is 7.15. The molecule has 1 aromatic carbocycles. The summed E-state index contributed by atoms with van der Waals surface area (Å²) < 4.78 is 0. The highest BCUT2D eigenvalue weighted by Gasteiger charge is 2.19. The molecule has 1 saturated heterocycles. The summed E-state index contributed by atoms with van der Waals surface area (Å²) in [5.74, 6) is 0.160. The summed E-state index contributed by atoms with van der Waals surface area (Å²) in [5.41, 5.74) is 1.40. The number of fused-ring (bicyclic) bond motifs is 1. The van der Waals surface area contributed by atoms with E-state index in [0.29, 0.717) is 12.5 Å². The van der Waals surface area contributed by atoms with Gasteiger partial charge in [0.2, 0.25) is 0 Å². The third kappa shape index (κ3) is 3.74. The van der Waals surface area contributed by atoms with Gasteiger partial charge in [0.25, 0.3) is 11.5 Å². The van der Waals surface area contributed by atoms with Crippen molar-refractivity contribution in [1.82, 2.24) is 15.6 Å².